The van der Waals surface area contributed by atoms with E-state index in [-0.39, 0.29) is 28.8 Å². The number of anilines is 1. The normalized spacial score (nSPS) is 11.0. The Hall–Kier alpha value is -2.86. The standard InChI is InChI=1S/C20H18F3N3O2S/c1-12-10-17(20(21,22)23)16(11-24)19(25-12)29-9-3-4-18(28)26-15-7-5-14(6-8-15)13(2)27/h5-8,10H,3-4,9H2,1-2H3,(H,26,28). The lowest BCUT2D eigenvalue weighted by molar-refractivity contribution is -0.138. The number of carbonyl (C=O) groups excluding carboxylic acids is 2. The van der Waals surface area contributed by atoms with Gasteiger partial charge in [0.25, 0.3) is 0 Å². The van der Waals surface area contributed by atoms with Crippen LogP contribution in [0.2, 0.25) is 0 Å². The maximum absolute atomic E-state index is 13.1. The third-order valence-corrected chi connectivity index (χ3v) is 4.96. The van der Waals surface area contributed by atoms with Crippen molar-refractivity contribution >= 4 is 29.1 Å². The number of aromatic nitrogens is 1. The van der Waals surface area contributed by atoms with Crippen LogP contribution in [0.3, 0.4) is 0 Å². The molecule has 5 nitrogen and oxygen atoms in total. The monoisotopic (exact) mass is 421 g/mol. The van der Waals surface area contributed by atoms with E-state index in [9.17, 15) is 22.8 Å². The summed E-state index contributed by atoms with van der Waals surface area (Å²) in [5, 5.41) is 11.8. The molecule has 2 aromatic rings. The molecule has 2 rings (SSSR count). The molecule has 0 unspecified atom stereocenters. The number of hydrogen-bond acceptors (Lipinski definition) is 5. The molecule has 0 atom stereocenters. The van der Waals surface area contributed by atoms with Gasteiger partial charge in [0.05, 0.1) is 11.1 Å². The number of alkyl halides is 3. The molecule has 0 spiro atoms. The first kappa shape index (κ1) is 22.4. The lowest BCUT2D eigenvalue weighted by Crippen LogP contribution is -2.12. The van der Waals surface area contributed by atoms with Crippen molar-refractivity contribution < 1.29 is 22.8 Å². The molecule has 0 aliphatic carbocycles. The van der Waals surface area contributed by atoms with Crippen LogP contribution in [0.15, 0.2) is 35.4 Å². The van der Waals surface area contributed by atoms with Gasteiger partial charge in [-0.25, -0.2) is 4.98 Å². The van der Waals surface area contributed by atoms with E-state index in [0.717, 1.165) is 17.8 Å². The quantitative estimate of drug-likeness (QED) is 0.387. The Morgan fingerprint density at radius 1 is 1.24 bits per heavy atom. The number of nitrogens with zero attached hydrogens (tertiary/aromatic N) is 2. The van der Waals surface area contributed by atoms with Gasteiger partial charge in [-0.05, 0) is 50.6 Å². The molecular formula is C20H18F3N3O2S. The Labute approximate surface area is 170 Å². The molecule has 0 aliphatic heterocycles. The van der Waals surface area contributed by atoms with E-state index in [1.54, 1.807) is 30.3 Å². The maximum atomic E-state index is 13.1. The van der Waals surface area contributed by atoms with Gasteiger partial charge in [-0.1, -0.05) is 0 Å². The van der Waals surface area contributed by atoms with Crippen LogP contribution in [-0.2, 0) is 11.0 Å². The van der Waals surface area contributed by atoms with Crippen molar-refractivity contribution in [3.8, 4) is 6.07 Å². The Morgan fingerprint density at radius 3 is 2.45 bits per heavy atom. The molecule has 1 heterocycles. The van der Waals surface area contributed by atoms with Crippen LogP contribution in [0, 0.1) is 18.3 Å². The van der Waals surface area contributed by atoms with Gasteiger partial charge in [-0.2, -0.15) is 18.4 Å². The second-order valence-electron chi connectivity index (χ2n) is 6.23. The number of pyridine rings is 1. The second kappa shape index (κ2) is 9.56. The number of amides is 1. The highest BCUT2D eigenvalue weighted by Gasteiger charge is 2.35. The fourth-order valence-corrected chi connectivity index (χ4v) is 3.48. The number of ketones is 1. The zero-order valence-electron chi connectivity index (χ0n) is 15.8. The molecule has 1 amide bonds. The van der Waals surface area contributed by atoms with Crippen LogP contribution >= 0.6 is 11.8 Å². The van der Waals surface area contributed by atoms with E-state index in [1.165, 1.54) is 13.8 Å². The molecule has 0 saturated carbocycles. The second-order valence-corrected chi connectivity index (χ2v) is 7.32. The van der Waals surface area contributed by atoms with Gasteiger partial charge in [0.1, 0.15) is 11.1 Å². The third-order valence-electron chi connectivity index (χ3n) is 3.89. The highest BCUT2D eigenvalue weighted by molar-refractivity contribution is 7.99. The lowest BCUT2D eigenvalue weighted by Gasteiger charge is -2.12. The van der Waals surface area contributed by atoms with Gasteiger partial charge in [-0.3, -0.25) is 9.59 Å². The average Bonchev–Trinajstić information content (AvgIpc) is 2.64. The molecule has 0 fully saturated rings. The van der Waals surface area contributed by atoms with Gasteiger partial charge in [0.2, 0.25) is 5.91 Å². The van der Waals surface area contributed by atoms with Crippen molar-refractivity contribution in [2.75, 3.05) is 11.1 Å². The SMILES string of the molecule is CC(=O)c1ccc(NC(=O)CCCSc2nc(C)cc(C(F)(F)F)c2C#N)cc1. The topological polar surface area (TPSA) is 82.8 Å². The van der Waals surface area contributed by atoms with Crippen molar-refractivity contribution in [2.45, 2.75) is 37.9 Å². The predicted octanol–water partition coefficient (Wildman–Crippen LogP) is 4.99. The van der Waals surface area contributed by atoms with Gasteiger partial charge >= 0.3 is 6.18 Å². The molecule has 0 radical (unpaired) electrons. The summed E-state index contributed by atoms with van der Waals surface area (Å²) in [6.07, 6.45) is -4.09. The smallest absolute Gasteiger partial charge is 0.326 e. The summed E-state index contributed by atoms with van der Waals surface area (Å²) in [6.45, 7) is 2.88. The predicted molar refractivity (Wildman–Crippen MR) is 104 cm³/mol. The number of rotatable bonds is 7. The van der Waals surface area contributed by atoms with Crippen molar-refractivity contribution in [1.29, 1.82) is 5.26 Å². The summed E-state index contributed by atoms with van der Waals surface area (Å²) < 4.78 is 39.3. The van der Waals surface area contributed by atoms with Crippen LogP contribution in [0.25, 0.3) is 0 Å². The Balaban J connectivity index is 1.92. The number of hydrogen-bond donors (Lipinski definition) is 1. The van der Waals surface area contributed by atoms with Gasteiger partial charge in [-0.15, -0.1) is 11.8 Å². The van der Waals surface area contributed by atoms with Crippen LogP contribution in [0.1, 0.15) is 46.9 Å². The molecule has 0 aliphatic rings. The third kappa shape index (κ3) is 6.32. The summed E-state index contributed by atoms with van der Waals surface area (Å²) in [5.41, 5.74) is -0.235. The summed E-state index contributed by atoms with van der Waals surface area (Å²) in [4.78, 5) is 27.3. The number of aryl methyl sites for hydroxylation is 1. The summed E-state index contributed by atoms with van der Waals surface area (Å²) in [6, 6.07) is 8.91. The summed E-state index contributed by atoms with van der Waals surface area (Å²) in [5.74, 6) is 0.00371. The molecule has 0 bridgehead atoms. The van der Waals surface area contributed by atoms with Crippen LogP contribution < -0.4 is 5.32 Å². The number of thioether (sulfide) groups is 1. The van der Waals surface area contributed by atoms with E-state index in [2.05, 4.69) is 10.3 Å². The first-order valence-corrected chi connectivity index (χ1v) is 9.63. The van der Waals surface area contributed by atoms with E-state index >= 15 is 0 Å². The van der Waals surface area contributed by atoms with Crippen molar-refractivity contribution in [1.82, 2.24) is 4.98 Å². The summed E-state index contributed by atoms with van der Waals surface area (Å²) in [7, 11) is 0. The highest BCUT2D eigenvalue weighted by atomic mass is 32.2. The van der Waals surface area contributed by atoms with Crippen molar-refractivity contribution in [3.05, 3.63) is 52.7 Å². The minimum Gasteiger partial charge on any atom is -0.326 e. The molecule has 0 saturated heterocycles. The van der Waals surface area contributed by atoms with E-state index < -0.39 is 17.3 Å². The first-order valence-electron chi connectivity index (χ1n) is 8.64. The fourth-order valence-electron chi connectivity index (χ4n) is 2.49. The number of carbonyl (C=O) groups is 2. The Morgan fingerprint density at radius 2 is 1.90 bits per heavy atom. The number of nitrogens with one attached hydrogen (secondary N) is 1. The zero-order valence-corrected chi connectivity index (χ0v) is 16.6. The largest absolute Gasteiger partial charge is 0.417 e. The van der Waals surface area contributed by atoms with Crippen molar-refractivity contribution in [2.24, 2.45) is 0 Å². The Kier molecular flexibility index (Phi) is 7.40. The molecule has 152 valence electrons. The molecule has 9 heteroatoms. The van der Waals surface area contributed by atoms with Crippen LogP contribution in [0.5, 0.6) is 0 Å². The molecule has 1 N–H and O–H groups in total. The maximum Gasteiger partial charge on any atom is 0.417 e. The van der Waals surface area contributed by atoms with Gasteiger partial charge in [0.15, 0.2) is 5.78 Å². The van der Waals surface area contributed by atoms with E-state index in [0.29, 0.717) is 23.4 Å². The van der Waals surface area contributed by atoms with Crippen LogP contribution in [0.4, 0.5) is 18.9 Å². The van der Waals surface area contributed by atoms with E-state index in [1.807, 2.05) is 0 Å². The highest BCUT2D eigenvalue weighted by Crippen LogP contribution is 2.36. The van der Waals surface area contributed by atoms with Gasteiger partial charge in [0, 0.05) is 29.1 Å². The number of benzene rings is 1. The summed E-state index contributed by atoms with van der Waals surface area (Å²) >= 11 is 1.02. The minimum atomic E-state index is -4.63. The van der Waals surface area contributed by atoms with E-state index in [4.69, 9.17) is 5.26 Å². The number of Topliss-reactive ketones (excluding diaryl/α,β-unsaturated/α-hetero) is 1. The molecule has 1 aromatic carbocycles. The number of nitriles is 1. The fraction of sp³-hybridized carbons (Fsp3) is 0.300. The molecule has 29 heavy (non-hydrogen) atoms. The molecular weight excluding hydrogens is 403 g/mol. The minimum absolute atomic E-state index is 0.0139. The molecule has 1 aromatic heterocycles. The van der Waals surface area contributed by atoms with Gasteiger partial charge < -0.3 is 5.32 Å². The Bertz CT molecular complexity index is 951. The van der Waals surface area contributed by atoms with Crippen molar-refractivity contribution in [3.63, 3.8) is 0 Å². The zero-order chi connectivity index (χ0) is 21.6. The number of halogens is 3. The van der Waals surface area contributed by atoms with Crippen LogP contribution in [-0.4, -0.2) is 22.4 Å². The lowest BCUT2D eigenvalue weighted by atomic mass is 10.1. The average molecular weight is 421 g/mol. The first-order chi connectivity index (χ1) is 13.6.